The Morgan fingerprint density at radius 3 is 2.44 bits per heavy atom. The fourth-order valence-electron chi connectivity index (χ4n) is 1.51. The Kier molecular flexibility index (Phi) is 3.97. The monoisotopic (exact) mass is 290 g/mol. The molecule has 0 aliphatic heterocycles. The molecule has 1 atom stereocenters. The van der Waals surface area contributed by atoms with Crippen LogP contribution in [0.4, 0.5) is 10.1 Å². The molecule has 1 aliphatic carbocycles. The Labute approximate surface area is 115 Å². The first-order valence-electron chi connectivity index (χ1n) is 5.69. The average Bonchev–Trinajstić information content (AvgIpc) is 3.09. The van der Waals surface area contributed by atoms with Gasteiger partial charge in [-0.1, -0.05) is 23.2 Å². The second-order valence-electron chi connectivity index (χ2n) is 4.40. The number of hydrogen-bond acceptors (Lipinski definition) is 2. The predicted molar refractivity (Wildman–Crippen MR) is 70.7 cm³/mol. The molecular formula is C12H13Cl2FN2O. The normalized spacial score (nSPS) is 16.2. The fourth-order valence-corrected chi connectivity index (χ4v) is 2.00. The summed E-state index contributed by atoms with van der Waals surface area (Å²) >= 11 is 11.4. The Balaban J connectivity index is 2.01. The van der Waals surface area contributed by atoms with Crippen LogP contribution in [0.25, 0.3) is 0 Å². The number of carbonyl (C=O) groups is 1. The minimum atomic E-state index is -0.654. The highest BCUT2D eigenvalue weighted by Crippen LogP contribution is 2.27. The molecular weight excluding hydrogens is 278 g/mol. The van der Waals surface area contributed by atoms with E-state index in [1.807, 2.05) is 0 Å². The van der Waals surface area contributed by atoms with E-state index in [0.29, 0.717) is 11.7 Å². The molecule has 0 radical (unpaired) electrons. The van der Waals surface area contributed by atoms with Crippen molar-refractivity contribution in [2.75, 3.05) is 5.32 Å². The van der Waals surface area contributed by atoms with Crippen LogP contribution in [0.15, 0.2) is 12.1 Å². The number of amides is 1. The summed E-state index contributed by atoms with van der Waals surface area (Å²) in [4.78, 5) is 11.7. The number of rotatable bonds is 4. The second-order valence-corrected chi connectivity index (χ2v) is 5.22. The third-order valence-electron chi connectivity index (χ3n) is 2.68. The highest BCUT2D eigenvalue weighted by Gasteiger charge is 2.25. The van der Waals surface area contributed by atoms with E-state index >= 15 is 0 Å². The van der Waals surface area contributed by atoms with Crippen LogP contribution in [-0.2, 0) is 4.79 Å². The third kappa shape index (κ3) is 3.27. The van der Waals surface area contributed by atoms with Crippen molar-refractivity contribution in [1.29, 1.82) is 0 Å². The van der Waals surface area contributed by atoms with Crippen molar-refractivity contribution in [2.45, 2.75) is 31.8 Å². The van der Waals surface area contributed by atoms with Crippen molar-refractivity contribution in [2.24, 2.45) is 0 Å². The molecule has 6 heteroatoms. The number of halogens is 3. The standard InChI is InChI=1S/C12H13Cl2FN2O/c1-6(12(18)17-7-2-3-7)16-8-4-9(13)11(15)10(14)5-8/h4-7,16H,2-3H2,1H3,(H,17,18). The largest absolute Gasteiger partial charge is 0.374 e. The maximum Gasteiger partial charge on any atom is 0.242 e. The molecule has 1 aromatic carbocycles. The first-order chi connectivity index (χ1) is 8.47. The summed E-state index contributed by atoms with van der Waals surface area (Å²) in [6.07, 6.45) is 2.07. The van der Waals surface area contributed by atoms with Crippen LogP contribution in [0.5, 0.6) is 0 Å². The van der Waals surface area contributed by atoms with E-state index in [1.54, 1.807) is 6.92 Å². The quantitative estimate of drug-likeness (QED) is 0.836. The van der Waals surface area contributed by atoms with Crippen molar-refractivity contribution in [3.8, 4) is 0 Å². The van der Waals surface area contributed by atoms with Gasteiger partial charge in [0, 0.05) is 11.7 Å². The van der Waals surface area contributed by atoms with Crippen LogP contribution in [0.2, 0.25) is 10.0 Å². The van der Waals surface area contributed by atoms with Gasteiger partial charge in [-0.05, 0) is 31.9 Å². The second kappa shape index (κ2) is 5.33. The number of benzene rings is 1. The highest BCUT2D eigenvalue weighted by atomic mass is 35.5. The molecule has 1 saturated carbocycles. The summed E-state index contributed by atoms with van der Waals surface area (Å²) in [6.45, 7) is 1.73. The highest BCUT2D eigenvalue weighted by molar-refractivity contribution is 6.35. The number of hydrogen-bond donors (Lipinski definition) is 2. The van der Waals surface area contributed by atoms with Crippen molar-refractivity contribution in [1.82, 2.24) is 5.32 Å². The fraction of sp³-hybridized carbons (Fsp3) is 0.417. The van der Waals surface area contributed by atoms with Crippen LogP contribution < -0.4 is 10.6 Å². The summed E-state index contributed by atoms with van der Waals surface area (Å²) in [5.74, 6) is -0.743. The summed E-state index contributed by atoms with van der Waals surface area (Å²) in [5.41, 5.74) is 0.518. The summed E-state index contributed by atoms with van der Waals surface area (Å²) in [7, 11) is 0. The topological polar surface area (TPSA) is 41.1 Å². The van der Waals surface area contributed by atoms with E-state index in [-0.39, 0.29) is 16.0 Å². The van der Waals surface area contributed by atoms with Crippen LogP contribution >= 0.6 is 23.2 Å². The van der Waals surface area contributed by atoms with E-state index in [4.69, 9.17) is 23.2 Å². The molecule has 0 saturated heterocycles. The SMILES string of the molecule is CC(Nc1cc(Cl)c(F)c(Cl)c1)C(=O)NC1CC1. The maximum atomic E-state index is 13.2. The van der Waals surface area contributed by atoms with Crippen molar-refractivity contribution < 1.29 is 9.18 Å². The zero-order valence-corrected chi connectivity index (χ0v) is 11.3. The Hall–Kier alpha value is -1.00. The molecule has 1 amide bonds. The predicted octanol–water partition coefficient (Wildman–Crippen LogP) is 3.21. The van der Waals surface area contributed by atoms with Gasteiger partial charge in [0.2, 0.25) is 5.91 Å². The number of nitrogens with one attached hydrogen (secondary N) is 2. The molecule has 0 aromatic heterocycles. The minimum Gasteiger partial charge on any atom is -0.374 e. The summed E-state index contributed by atoms with van der Waals surface area (Å²) < 4.78 is 13.2. The van der Waals surface area contributed by atoms with E-state index < -0.39 is 11.9 Å². The lowest BCUT2D eigenvalue weighted by Gasteiger charge is -2.15. The van der Waals surface area contributed by atoms with E-state index in [1.165, 1.54) is 12.1 Å². The smallest absolute Gasteiger partial charge is 0.242 e. The van der Waals surface area contributed by atoms with E-state index in [0.717, 1.165) is 12.8 Å². The minimum absolute atomic E-state index is 0.0696. The van der Waals surface area contributed by atoms with Gasteiger partial charge in [0.1, 0.15) is 6.04 Å². The van der Waals surface area contributed by atoms with Crippen molar-refractivity contribution in [3.63, 3.8) is 0 Å². The van der Waals surface area contributed by atoms with Crippen LogP contribution in [-0.4, -0.2) is 18.0 Å². The van der Waals surface area contributed by atoms with Gasteiger partial charge in [0.15, 0.2) is 5.82 Å². The molecule has 18 heavy (non-hydrogen) atoms. The van der Waals surface area contributed by atoms with Gasteiger partial charge >= 0.3 is 0 Å². The van der Waals surface area contributed by atoms with Crippen molar-refractivity contribution in [3.05, 3.63) is 28.0 Å². The summed E-state index contributed by atoms with van der Waals surface area (Å²) in [6, 6.07) is 2.69. The van der Waals surface area contributed by atoms with Gasteiger partial charge in [0.25, 0.3) is 0 Å². The van der Waals surface area contributed by atoms with E-state index in [9.17, 15) is 9.18 Å². The first-order valence-corrected chi connectivity index (χ1v) is 6.44. The third-order valence-corrected chi connectivity index (χ3v) is 3.23. The Bertz CT molecular complexity index is 454. The number of anilines is 1. The van der Waals surface area contributed by atoms with Crippen LogP contribution in [0, 0.1) is 5.82 Å². The first kappa shape index (κ1) is 13.4. The summed E-state index contributed by atoms with van der Waals surface area (Å²) in [5, 5.41) is 5.67. The molecule has 98 valence electrons. The lowest BCUT2D eigenvalue weighted by molar-refractivity contribution is -0.121. The lowest BCUT2D eigenvalue weighted by Crippen LogP contribution is -2.38. The van der Waals surface area contributed by atoms with Crippen LogP contribution in [0.3, 0.4) is 0 Å². The molecule has 2 N–H and O–H groups in total. The zero-order chi connectivity index (χ0) is 13.3. The molecule has 1 aromatic rings. The molecule has 2 rings (SSSR count). The maximum absolute atomic E-state index is 13.2. The molecule has 0 heterocycles. The number of carbonyl (C=O) groups excluding carboxylic acids is 1. The Morgan fingerprint density at radius 2 is 1.94 bits per heavy atom. The Morgan fingerprint density at radius 1 is 1.39 bits per heavy atom. The molecule has 0 spiro atoms. The molecule has 1 unspecified atom stereocenters. The molecule has 3 nitrogen and oxygen atoms in total. The van der Waals surface area contributed by atoms with Gasteiger partial charge in [-0.2, -0.15) is 0 Å². The van der Waals surface area contributed by atoms with Gasteiger partial charge in [-0.15, -0.1) is 0 Å². The van der Waals surface area contributed by atoms with E-state index in [2.05, 4.69) is 10.6 Å². The van der Waals surface area contributed by atoms with Gasteiger partial charge in [0.05, 0.1) is 10.0 Å². The molecule has 1 fully saturated rings. The van der Waals surface area contributed by atoms with Gasteiger partial charge in [-0.3, -0.25) is 4.79 Å². The van der Waals surface area contributed by atoms with Crippen LogP contribution in [0.1, 0.15) is 19.8 Å². The molecule has 0 bridgehead atoms. The van der Waals surface area contributed by atoms with Crippen molar-refractivity contribution >= 4 is 34.8 Å². The lowest BCUT2D eigenvalue weighted by atomic mass is 10.2. The molecule has 1 aliphatic rings. The zero-order valence-electron chi connectivity index (χ0n) is 9.77. The average molecular weight is 291 g/mol. The van der Waals surface area contributed by atoms with Gasteiger partial charge < -0.3 is 10.6 Å². The van der Waals surface area contributed by atoms with Gasteiger partial charge in [-0.25, -0.2) is 4.39 Å².